The lowest BCUT2D eigenvalue weighted by Gasteiger charge is -2.24. The first kappa shape index (κ1) is 13.5. The van der Waals surface area contributed by atoms with Gasteiger partial charge in [-0.1, -0.05) is 44.5 Å². The van der Waals surface area contributed by atoms with Crippen LogP contribution < -0.4 is 5.32 Å². The van der Waals surface area contributed by atoms with E-state index in [4.69, 9.17) is 0 Å². The molecule has 0 saturated carbocycles. The van der Waals surface area contributed by atoms with Gasteiger partial charge in [0.15, 0.2) is 0 Å². The lowest BCUT2D eigenvalue weighted by molar-refractivity contribution is 0.412. The second kappa shape index (κ2) is 6.27. The highest BCUT2D eigenvalue weighted by atomic mass is 35.5. The Morgan fingerprint density at radius 2 is 1.81 bits per heavy atom. The molecular formula is C14H22ClN. The Balaban J connectivity index is 0.00000128. The van der Waals surface area contributed by atoms with Crippen molar-refractivity contribution in [2.45, 2.75) is 45.1 Å². The molecule has 1 nitrogen and oxygen atoms in total. The van der Waals surface area contributed by atoms with Gasteiger partial charge < -0.3 is 5.32 Å². The predicted octanol–water partition coefficient (Wildman–Crippen LogP) is 4.05. The van der Waals surface area contributed by atoms with Gasteiger partial charge in [0, 0.05) is 6.04 Å². The van der Waals surface area contributed by atoms with E-state index in [-0.39, 0.29) is 12.4 Å². The normalized spacial score (nSPS) is 20.6. The van der Waals surface area contributed by atoms with Gasteiger partial charge in [0.05, 0.1) is 0 Å². The molecule has 1 aliphatic heterocycles. The third kappa shape index (κ3) is 3.23. The molecule has 1 fully saturated rings. The molecular weight excluding hydrogens is 218 g/mol. The van der Waals surface area contributed by atoms with E-state index < -0.39 is 0 Å². The van der Waals surface area contributed by atoms with E-state index in [2.05, 4.69) is 43.4 Å². The second-order valence-electron chi connectivity index (χ2n) is 4.82. The number of rotatable bonds is 2. The number of piperidine rings is 1. The summed E-state index contributed by atoms with van der Waals surface area (Å²) in [5.41, 5.74) is 2.90. The Bertz CT molecular complexity index is 299. The van der Waals surface area contributed by atoms with E-state index in [1.54, 1.807) is 0 Å². The molecule has 0 aliphatic carbocycles. The monoisotopic (exact) mass is 239 g/mol. The van der Waals surface area contributed by atoms with Crippen molar-refractivity contribution in [1.29, 1.82) is 0 Å². The SMILES string of the molecule is CC(C)c1ccc([C@H]2CCCCN2)cc1.Cl. The van der Waals surface area contributed by atoms with Crippen LogP contribution in [0.25, 0.3) is 0 Å². The Morgan fingerprint density at radius 1 is 1.12 bits per heavy atom. The van der Waals surface area contributed by atoms with Crippen LogP contribution in [-0.4, -0.2) is 6.54 Å². The van der Waals surface area contributed by atoms with Crippen LogP contribution in [0.5, 0.6) is 0 Å². The summed E-state index contributed by atoms with van der Waals surface area (Å²) in [6.07, 6.45) is 3.99. The third-order valence-corrected chi connectivity index (χ3v) is 3.32. The maximum absolute atomic E-state index is 3.58. The Hall–Kier alpha value is -0.530. The summed E-state index contributed by atoms with van der Waals surface area (Å²) in [6, 6.07) is 9.73. The molecule has 2 rings (SSSR count). The van der Waals surface area contributed by atoms with Gasteiger partial charge in [0.25, 0.3) is 0 Å². The summed E-state index contributed by atoms with van der Waals surface area (Å²) in [7, 11) is 0. The van der Waals surface area contributed by atoms with Gasteiger partial charge in [-0.3, -0.25) is 0 Å². The highest BCUT2D eigenvalue weighted by molar-refractivity contribution is 5.85. The van der Waals surface area contributed by atoms with E-state index >= 15 is 0 Å². The van der Waals surface area contributed by atoms with Crippen LogP contribution in [-0.2, 0) is 0 Å². The molecule has 90 valence electrons. The quantitative estimate of drug-likeness (QED) is 0.821. The van der Waals surface area contributed by atoms with E-state index in [0.29, 0.717) is 12.0 Å². The van der Waals surface area contributed by atoms with Gasteiger partial charge in [0.1, 0.15) is 0 Å². The first-order valence-corrected chi connectivity index (χ1v) is 6.10. The molecule has 1 aromatic carbocycles. The molecule has 0 radical (unpaired) electrons. The third-order valence-electron chi connectivity index (χ3n) is 3.32. The largest absolute Gasteiger partial charge is 0.310 e. The molecule has 0 amide bonds. The lowest BCUT2D eigenvalue weighted by Crippen LogP contribution is -2.26. The minimum Gasteiger partial charge on any atom is -0.310 e. The van der Waals surface area contributed by atoms with Gasteiger partial charge in [-0.25, -0.2) is 0 Å². The fourth-order valence-corrected chi connectivity index (χ4v) is 2.25. The van der Waals surface area contributed by atoms with Crippen LogP contribution in [0.3, 0.4) is 0 Å². The number of benzene rings is 1. The van der Waals surface area contributed by atoms with Gasteiger partial charge >= 0.3 is 0 Å². The molecule has 0 spiro atoms. The molecule has 1 N–H and O–H groups in total. The van der Waals surface area contributed by atoms with Crippen LogP contribution >= 0.6 is 12.4 Å². The fourth-order valence-electron chi connectivity index (χ4n) is 2.25. The number of hydrogen-bond donors (Lipinski definition) is 1. The fraction of sp³-hybridized carbons (Fsp3) is 0.571. The molecule has 1 heterocycles. The van der Waals surface area contributed by atoms with E-state index in [9.17, 15) is 0 Å². The average molecular weight is 240 g/mol. The van der Waals surface area contributed by atoms with Gasteiger partial charge in [-0.15, -0.1) is 12.4 Å². The maximum atomic E-state index is 3.58. The van der Waals surface area contributed by atoms with Crippen molar-refractivity contribution in [3.63, 3.8) is 0 Å². The van der Waals surface area contributed by atoms with Gasteiger partial charge in [-0.2, -0.15) is 0 Å². The molecule has 0 aromatic heterocycles. The maximum Gasteiger partial charge on any atom is 0.0320 e. The van der Waals surface area contributed by atoms with Crippen molar-refractivity contribution in [3.8, 4) is 0 Å². The van der Waals surface area contributed by atoms with Crippen molar-refractivity contribution < 1.29 is 0 Å². The van der Waals surface area contributed by atoms with Gasteiger partial charge in [-0.05, 0) is 36.4 Å². The molecule has 1 atom stereocenters. The molecule has 1 aromatic rings. The lowest BCUT2D eigenvalue weighted by atomic mass is 9.95. The van der Waals surface area contributed by atoms with Crippen molar-refractivity contribution in [2.75, 3.05) is 6.54 Å². The van der Waals surface area contributed by atoms with Crippen molar-refractivity contribution in [1.82, 2.24) is 5.32 Å². The summed E-state index contributed by atoms with van der Waals surface area (Å²) in [5.74, 6) is 0.637. The zero-order chi connectivity index (χ0) is 10.7. The number of hydrogen-bond acceptors (Lipinski definition) is 1. The highest BCUT2D eigenvalue weighted by Gasteiger charge is 2.14. The second-order valence-corrected chi connectivity index (χ2v) is 4.82. The van der Waals surface area contributed by atoms with Crippen molar-refractivity contribution in [3.05, 3.63) is 35.4 Å². The predicted molar refractivity (Wildman–Crippen MR) is 72.4 cm³/mol. The highest BCUT2D eigenvalue weighted by Crippen LogP contribution is 2.24. The van der Waals surface area contributed by atoms with Gasteiger partial charge in [0.2, 0.25) is 0 Å². The standard InChI is InChI=1S/C14H21N.ClH/c1-11(2)12-6-8-13(9-7-12)14-5-3-4-10-15-14;/h6-9,11,14-15H,3-5,10H2,1-2H3;1H/t14-;/m1./s1. The Kier molecular flexibility index (Phi) is 5.30. The van der Waals surface area contributed by atoms with Crippen molar-refractivity contribution in [2.24, 2.45) is 0 Å². The summed E-state index contributed by atoms with van der Waals surface area (Å²) in [6.45, 7) is 5.67. The number of halogens is 1. The minimum atomic E-state index is 0. The van der Waals surface area contributed by atoms with E-state index in [1.807, 2.05) is 0 Å². The molecule has 0 bridgehead atoms. The topological polar surface area (TPSA) is 12.0 Å². The van der Waals surface area contributed by atoms with Crippen LogP contribution in [0, 0.1) is 0 Å². The minimum absolute atomic E-state index is 0. The molecule has 16 heavy (non-hydrogen) atoms. The van der Waals surface area contributed by atoms with Crippen LogP contribution in [0.4, 0.5) is 0 Å². The smallest absolute Gasteiger partial charge is 0.0320 e. The molecule has 0 unspecified atom stereocenters. The van der Waals surface area contributed by atoms with E-state index in [1.165, 1.54) is 36.9 Å². The summed E-state index contributed by atoms with van der Waals surface area (Å²) in [4.78, 5) is 0. The Morgan fingerprint density at radius 3 is 2.31 bits per heavy atom. The average Bonchev–Trinajstić information content (AvgIpc) is 2.30. The first-order valence-electron chi connectivity index (χ1n) is 6.10. The van der Waals surface area contributed by atoms with Crippen LogP contribution in [0.1, 0.15) is 56.2 Å². The molecule has 1 saturated heterocycles. The zero-order valence-electron chi connectivity index (χ0n) is 10.2. The molecule has 1 aliphatic rings. The van der Waals surface area contributed by atoms with E-state index in [0.717, 1.165) is 0 Å². The van der Waals surface area contributed by atoms with Crippen LogP contribution in [0.2, 0.25) is 0 Å². The molecule has 2 heteroatoms. The zero-order valence-corrected chi connectivity index (χ0v) is 11.0. The Labute approximate surface area is 105 Å². The van der Waals surface area contributed by atoms with Crippen molar-refractivity contribution >= 4 is 12.4 Å². The summed E-state index contributed by atoms with van der Waals surface area (Å²) in [5, 5.41) is 3.58. The summed E-state index contributed by atoms with van der Waals surface area (Å²) < 4.78 is 0. The first-order chi connectivity index (χ1) is 7.27. The van der Waals surface area contributed by atoms with Crippen LogP contribution in [0.15, 0.2) is 24.3 Å². The summed E-state index contributed by atoms with van der Waals surface area (Å²) >= 11 is 0. The number of nitrogens with one attached hydrogen (secondary N) is 1.